The van der Waals surface area contributed by atoms with E-state index in [1.807, 2.05) is 13.0 Å². The predicted molar refractivity (Wildman–Crippen MR) is 70.4 cm³/mol. The van der Waals surface area contributed by atoms with Crippen LogP contribution in [0.4, 0.5) is 5.95 Å². The van der Waals surface area contributed by atoms with Gasteiger partial charge in [-0.25, -0.2) is 0 Å². The van der Waals surface area contributed by atoms with E-state index >= 15 is 0 Å². The zero-order valence-electron chi connectivity index (χ0n) is 10.3. The molecule has 2 rings (SSSR count). The van der Waals surface area contributed by atoms with Gasteiger partial charge in [0.1, 0.15) is 5.75 Å². The maximum Gasteiger partial charge on any atom is 0.328 e. The van der Waals surface area contributed by atoms with Crippen molar-refractivity contribution in [1.29, 1.82) is 5.26 Å². The minimum absolute atomic E-state index is 0.0310. The average molecular weight is 276 g/mol. The molecule has 1 aromatic carbocycles. The first-order chi connectivity index (χ1) is 9.12. The average Bonchev–Trinajstić information content (AvgIpc) is 2.40. The minimum atomic E-state index is 0.0310. The summed E-state index contributed by atoms with van der Waals surface area (Å²) in [5.74, 6) is 0.812. The first-order valence-corrected chi connectivity index (χ1v) is 5.78. The van der Waals surface area contributed by atoms with Crippen molar-refractivity contribution in [3.8, 4) is 17.8 Å². The van der Waals surface area contributed by atoms with Crippen LogP contribution in [0.3, 0.4) is 0 Å². The Balaban J connectivity index is 2.36. The fourth-order valence-corrected chi connectivity index (χ4v) is 1.52. The summed E-state index contributed by atoms with van der Waals surface area (Å²) in [5, 5.41) is 11.7. The number of halogens is 1. The molecule has 1 N–H and O–H groups in total. The van der Waals surface area contributed by atoms with Gasteiger partial charge in [0.05, 0.1) is 11.6 Å². The Morgan fingerprint density at radius 1 is 1.32 bits per heavy atom. The number of benzene rings is 1. The quantitative estimate of drug-likeness (QED) is 0.927. The van der Waals surface area contributed by atoms with Crippen molar-refractivity contribution in [2.24, 2.45) is 0 Å². The number of ether oxygens (including phenoxy) is 1. The van der Waals surface area contributed by atoms with E-state index in [1.54, 1.807) is 25.2 Å². The molecule has 0 atom stereocenters. The molecule has 0 spiro atoms. The lowest BCUT2D eigenvalue weighted by molar-refractivity contribution is 0.437. The monoisotopic (exact) mass is 275 g/mol. The first kappa shape index (κ1) is 13.1. The topological polar surface area (TPSA) is 83.7 Å². The number of nitrogens with zero attached hydrogens (tertiary/aromatic N) is 4. The molecular weight excluding hydrogens is 266 g/mol. The van der Waals surface area contributed by atoms with Crippen LogP contribution in [0.5, 0.6) is 11.8 Å². The maximum atomic E-state index is 8.87. The number of hydrogen-bond acceptors (Lipinski definition) is 6. The van der Waals surface area contributed by atoms with Crippen LogP contribution in [0.15, 0.2) is 18.2 Å². The number of anilines is 1. The highest BCUT2D eigenvalue weighted by molar-refractivity contribution is 6.28. The van der Waals surface area contributed by atoms with Gasteiger partial charge in [0.2, 0.25) is 11.2 Å². The third kappa shape index (κ3) is 3.09. The molecular formula is C12H10ClN5O. The molecule has 0 saturated heterocycles. The van der Waals surface area contributed by atoms with E-state index in [2.05, 4.69) is 20.3 Å². The summed E-state index contributed by atoms with van der Waals surface area (Å²) >= 11 is 5.76. The summed E-state index contributed by atoms with van der Waals surface area (Å²) in [7, 11) is 1.66. The predicted octanol–water partition coefficient (Wildman–Crippen LogP) is 2.54. The van der Waals surface area contributed by atoms with Crippen LogP contribution in [0.2, 0.25) is 5.28 Å². The molecule has 0 bridgehead atoms. The van der Waals surface area contributed by atoms with Crippen LogP contribution >= 0.6 is 11.6 Å². The van der Waals surface area contributed by atoms with E-state index in [-0.39, 0.29) is 11.3 Å². The van der Waals surface area contributed by atoms with Gasteiger partial charge in [0.25, 0.3) is 0 Å². The summed E-state index contributed by atoms with van der Waals surface area (Å²) in [4.78, 5) is 11.7. The second-order valence-electron chi connectivity index (χ2n) is 3.65. The Morgan fingerprint density at radius 2 is 2.11 bits per heavy atom. The number of nitrogens with one attached hydrogen (secondary N) is 1. The fourth-order valence-electron chi connectivity index (χ4n) is 1.37. The molecule has 0 aliphatic carbocycles. The van der Waals surface area contributed by atoms with Gasteiger partial charge in [0.15, 0.2) is 0 Å². The highest BCUT2D eigenvalue weighted by Crippen LogP contribution is 2.24. The zero-order chi connectivity index (χ0) is 13.8. The molecule has 0 saturated carbocycles. The second kappa shape index (κ2) is 5.50. The van der Waals surface area contributed by atoms with Gasteiger partial charge in [-0.15, -0.1) is 0 Å². The van der Waals surface area contributed by atoms with Gasteiger partial charge in [0, 0.05) is 7.05 Å². The zero-order valence-corrected chi connectivity index (χ0v) is 11.1. The number of aromatic nitrogens is 3. The van der Waals surface area contributed by atoms with Crippen LogP contribution in [-0.2, 0) is 0 Å². The lowest BCUT2D eigenvalue weighted by Crippen LogP contribution is -2.01. The van der Waals surface area contributed by atoms with E-state index in [4.69, 9.17) is 21.6 Å². The van der Waals surface area contributed by atoms with Crippen molar-refractivity contribution in [3.05, 3.63) is 34.6 Å². The van der Waals surface area contributed by atoms with E-state index in [0.29, 0.717) is 17.3 Å². The van der Waals surface area contributed by atoms with Crippen LogP contribution < -0.4 is 10.1 Å². The summed E-state index contributed by atoms with van der Waals surface area (Å²) in [6.45, 7) is 1.86. The molecule has 1 aromatic heterocycles. The molecule has 0 amide bonds. The van der Waals surface area contributed by atoms with Crippen molar-refractivity contribution in [1.82, 2.24) is 15.0 Å². The normalized spacial score (nSPS) is 9.79. The van der Waals surface area contributed by atoms with Gasteiger partial charge in [-0.05, 0) is 36.2 Å². The fraction of sp³-hybridized carbons (Fsp3) is 0.167. The van der Waals surface area contributed by atoms with E-state index in [0.717, 1.165) is 5.56 Å². The molecule has 2 aromatic rings. The van der Waals surface area contributed by atoms with E-state index < -0.39 is 0 Å². The highest BCUT2D eigenvalue weighted by atomic mass is 35.5. The minimum Gasteiger partial charge on any atom is -0.424 e. The SMILES string of the molecule is CNc1nc(Cl)nc(Oc2cc(C#N)ccc2C)n1. The van der Waals surface area contributed by atoms with Crippen LogP contribution in [0.25, 0.3) is 0 Å². The molecule has 0 radical (unpaired) electrons. The standard InChI is InChI=1S/C12H10ClN5O/c1-7-3-4-8(6-14)5-9(7)19-12-17-10(13)16-11(15-2)18-12/h3-5H,1-2H3,(H,15,16,17,18). The van der Waals surface area contributed by atoms with Gasteiger partial charge in [-0.1, -0.05) is 6.07 Å². The molecule has 19 heavy (non-hydrogen) atoms. The molecule has 96 valence electrons. The Morgan fingerprint density at radius 3 is 2.79 bits per heavy atom. The summed E-state index contributed by atoms with van der Waals surface area (Å²) in [6, 6.07) is 7.23. The number of rotatable bonds is 3. The number of aryl methyl sites for hydroxylation is 1. The van der Waals surface area contributed by atoms with Crippen LogP contribution in [-0.4, -0.2) is 22.0 Å². The molecule has 0 aliphatic heterocycles. The van der Waals surface area contributed by atoms with Crippen molar-refractivity contribution < 1.29 is 4.74 Å². The van der Waals surface area contributed by atoms with Gasteiger partial charge in [-0.3, -0.25) is 0 Å². The summed E-state index contributed by atoms with van der Waals surface area (Å²) in [6.07, 6.45) is 0. The lowest BCUT2D eigenvalue weighted by atomic mass is 10.1. The highest BCUT2D eigenvalue weighted by Gasteiger charge is 2.08. The molecule has 7 heteroatoms. The van der Waals surface area contributed by atoms with Gasteiger partial charge >= 0.3 is 6.01 Å². The lowest BCUT2D eigenvalue weighted by Gasteiger charge is -2.08. The molecule has 6 nitrogen and oxygen atoms in total. The third-order valence-corrected chi connectivity index (χ3v) is 2.50. The van der Waals surface area contributed by atoms with Crippen molar-refractivity contribution in [2.45, 2.75) is 6.92 Å². The number of nitriles is 1. The van der Waals surface area contributed by atoms with E-state index in [9.17, 15) is 0 Å². The molecule has 0 aliphatic rings. The van der Waals surface area contributed by atoms with Gasteiger partial charge < -0.3 is 10.1 Å². The molecule has 0 fully saturated rings. The van der Waals surface area contributed by atoms with Crippen LogP contribution in [0.1, 0.15) is 11.1 Å². The Hall–Kier alpha value is -2.39. The summed E-state index contributed by atoms with van der Waals surface area (Å²) < 4.78 is 5.54. The Labute approximate surface area is 115 Å². The number of hydrogen-bond donors (Lipinski definition) is 1. The van der Waals surface area contributed by atoms with Crippen molar-refractivity contribution in [2.75, 3.05) is 12.4 Å². The third-order valence-electron chi connectivity index (χ3n) is 2.33. The smallest absolute Gasteiger partial charge is 0.328 e. The maximum absolute atomic E-state index is 8.87. The summed E-state index contributed by atoms with van der Waals surface area (Å²) in [5.41, 5.74) is 1.36. The molecule has 0 unspecified atom stereocenters. The Bertz CT molecular complexity index is 653. The van der Waals surface area contributed by atoms with Crippen molar-refractivity contribution in [3.63, 3.8) is 0 Å². The Kier molecular flexibility index (Phi) is 3.78. The molecule has 1 heterocycles. The largest absolute Gasteiger partial charge is 0.424 e. The van der Waals surface area contributed by atoms with Gasteiger partial charge in [-0.2, -0.15) is 20.2 Å². The second-order valence-corrected chi connectivity index (χ2v) is 3.99. The first-order valence-electron chi connectivity index (χ1n) is 5.40. The van der Waals surface area contributed by atoms with E-state index in [1.165, 1.54) is 0 Å². The van der Waals surface area contributed by atoms with Crippen LogP contribution in [0, 0.1) is 18.3 Å². The van der Waals surface area contributed by atoms with Crippen molar-refractivity contribution >= 4 is 17.5 Å².